The lowest BCUT2D eigenvalue weighted by atomic mass is 9.61. The third-order valence-corrected chi connectivity index (χ3v) is 10.5. The van der Waals surface area contributed by atoms with Crippen molar-refractivity contribution in [2.45, 2.75) is 69.5 Å². The van der Waals surface area contributed by atoms with Gasteiger partial charge in [0, 0.05) is 15.2 Å². The lowest BCUT2D eigenvalue weighted by Gasteiger charge is -2.47. The van der Waals surface area contributed by atoms with Crippen molar-refractivity contribution >= 4 is 37.9 Å². The van der Waals surface area contributed by atoms with Gasteiger partial charge in [0.1, 0.15) is 0 Å². The number of halogens is 2. The van der Waals surface area contributed by atoms with Crippen LogP contribution >= 0.6 is 31.9 Å². The van der Waals surface area contributed by atoms with Crippen molar-refractivity contribution in [3.05, 3.63) is 39.4 Å². The summed E-state index contributed by atoms with van der Waals surface area (Å²) in [6.07, 6.45) is 12.7. The van der Waals surface area contributed by atoms with E-state index in [2.05, 4.69) is 70.0 Å². The van der Waals surface area contributed by atoms with Crippen molar-refractivity contribution in [3.8, 4) is 0 Å². The van der Waals surface area contributed by atoms with Crippen LogP contribution in [0, 0.1) is 35.5 Å². The van der Waals surface area contributed by atoms with Gasteiger partial charge in [-0.25, -0.2) is 0 Å². The summed E-state index contributed by atoms with van der Waals surface area (Å²) < 4.78 is 1.27. The third-order valence-electron chi connectivity index (χ3n) is 8.75. The van der Waals surface area contributed by atoms with E-state index in [0.29, 0.717) is 5.92 Å². The number of hydrogen-bond donors (Lipinski definition) is 0. The predicted molar refractivity (Wildman–Crippen MR) is 122 cm³/mol. The van der Waals surface area contributed by atoms with Crippen LogP contribution in [-0.4, -0.2) is 4.83 Å². The maximum absolute atomic E-state index is 4.16. The van der Waals surface area contributed by atoms with Gasteiger partial charge >= 0.3 is 0 Å². The van der Waals surface area contributed by atoms with Gasteiger partial charge in [-0.05, 0) is 91.7 Å². The zero-order chi connectivity index (χ0) is 18.7. The van der Waals surface area contributed by atoms with Crippen LogP contribution in [0.4, 0.5) is 0 Å². The molecule has 0 bridgehead atoms. The van der Waals surface area contributed by atoms with E-state index < -0.39 is 0 Å². The minimum Gasteiger partial charge on any atom is -0.0887 e. The Labute approximate surface area is 181 Å². The minimum absolute atomic E-state index is 0.640. The normalized spacial score (nSPS) is 43.0. The van der Waals surface area contributed by atoms with Gasteiger partial charge in [0.05, 0.1) is 0 Å². The lowest BCUT2D eigenvalue weighted by Crippen LogP contribution is -2.41. The van der Waals surface area contributed by atoms with Crippen molar-refractivity contribution in [2.24, 2.45) is 35.5 Å². The molecule has 0 aliphatic heterocycles. The molecule has 0 N–H and O–H groups in total. The second kappa shape index (κ2) is 7.31. The molecule has 2 heteroatoms. The molecule has 0 nitrogen and oxygen atoms in total. The fraction of sp³-hybridized carbons (Fsp3) is 0.680. The van der Waals surface area contributed by atoms with Crippen molar-refractivity contribution in [1.82, 2.24) is 0 Å². The Balaban J connectivity index is 1.40. The molecule has 3 fully saturated rings. The summed E-state index contributed by atoms with van der Waals surface area (Å²) >= 11 is 7.93. The van der Waals surface area contributed by atoms with E-state index in [1.807, 2.05) is 0 Å². The molecule has 5 rings (SSSR count). The SMILES string of the molecule is CC1=Cc2c(Br)cccc2C1CC1C(C)CC2C1CC(Br)C1CCCCC12. The molecule has 27 heavy (non-hydrogen) atoms. The Morgan fingerprint density at radius 3 is 2.59 bits per heavy atom. The molecule has 0 heterocycles. The molecule has 8 unspecified atom stereocenters. The summed E-state index contributed by atoms with van der Waals surface area (Å²) in [6, 6.07) is 6.80. The second-order valence-electron chi connectivity index (χ2n) is 9.99. The minimum atomic E-state index is 0.640. The zero-order valence-electron chi connectivity index (χ0n) is 16.6. The Bertz CT molecular complexity index is 751. The summed E-state index contributed by atoms with van der Waals surface area (Å²) in [6.45, 7) is 4.93. The van der Waals surface area contributed by atoms with Crippen LogP contribution in [0.5, 0.6) is 0 Å². The van der Waals surface area contributed by atoms with Gasteiger partial charge in [0.2, 0.25) is 0 Å². The summed E-state index contributed by atoms with van der Waals surface area (Å²) in [5, 5.41) is 0. The highest BCUT2D eigenvalue weighted by atomic mass is 79.9. The first-order chi connectivity index (χ1) is 13.0. The average Bonchev–Trinajstić information content (AvgIpc) is 3.15. The van der Waals surface area contributed by atoms with Gasteiger partial charge in [-0.1, -0.05) is 75.4 Å². The Morgan fingerprint density at radius 2 is 1.78 bits per heavy atom. The molecule has 4 aliphatic carbocycles. The predicted octanol–water partition coefficient (Wildman–Crippen LogP) is 8.20. The van der Waals surface area contributed by atoms with Crippen LogP contribution in [0.3, 0.4) is 0 Å². The topological polar surface area (TPSA) is 0 Å². The van der Waals surface area contributed by atoms with Crippen molar-refractivity contribution in [1.29, 1.82) is 0 Å². The van der Waals surface area contributed by atoms with E-state index in [4.69, 9.17) is 0 Å². The monoisotopic (exact) mass is 490 g/mol. The third kappa shape index (κ3) is 3.12. The van der Waals surface area contributed by atoms with Crippen LogP contribution in [0.25, 0.3) is 6.08 Å². The summed E-state index contributed by atoms with van der Waals surface area (Å²) in [7, 11) is 0. The van der Waals surface area contributed by atoms with Crippen molar-refractivity contribution in [2.75, 3.05) is 0 Å². The summed E-state index contributed by atoms with van der Waals surface area (Å²) in [5.74, 6) is 6.37. The molecule has 3 saturated carbocycles. The number of benzene rings is 1. The number of allylic oxidation sites excluding steroid dienone is 1. The molecule has 146 valence electrons. The smallest absolute Gasteiger partial charge is 0.0250 e. The standard InChI is InChI=1S/C25H32Br2/c1-14-10-21-16-6-3-4-7-18(16)25(27)13-22(21)20(14)12-19-15(2)11-23-17(19)8-5-9-24(23)26/h5,8-9,11,14,16,18-22,25H,3-4,6-7,10,12-13H2,1-2H3. The van der Waals surface area contributed by atoms with Crippen molar-refractivity contribution < 1.29 is 0 Å². The molecule has 0 radical (unpaired) electrons. The van der Waals surface area contributed by atoms with E-state index in [0.717, 1.165) is 40.3 Å². The van der Waals surface area contributed by atoms with E-state index in [1.165, 1.54) is 55.0 Å². The lowest BCUT2D eigenvalue weighted by molar-refractivity contribution is 0.0642. The fourth-order valence-electron chi connectivity index (χ4n) is 7.54. The van der Waals surface area contributed by atoms with E-state index in [9.17, 15) is 0 Å². The van der Waals surface area contributed by atoms with Crippen LogP contribution in [-0.2, 0) is 0 Å². The molecule has 0 aromatic heterocycles. The second-order valence-corrected chi connectivity index (χ2v) is 12.0. The maximum atomic E-state index is 4.16. The Kier molecular flexibility index (Phi) is 5.12. The summed E-state index contributed by atoms with van der Waals surface area (Å²) in [4.78, 5) is 0.776. The number of alkyl halides is 1. The molecule has 1 aromatic carbocycles. The first-order valence-electron chi connectivity index (χ1n) is 11.1. The van der Waals surface area contributed by atoms with Crippen LogP contribution < -0.4 is 0 Å². The molecule has 4 aliphatic rings. The first-order valence-corrected chi connectivity index (χ1v) is 12.9. The van der Waals surface area contributed by atoms with Gasteiger partial charge in [-0.15, -0.1) is 0 Å². The highest BCUT2D eigenvalue weighted by Gasteiger charge is 2.52. The van der Waals surface area contributed by atoms with Gasteiger partial charge in [-0.2, -0.15) is 0 Å². The number of fused-ring (bicyclic) bond motifs is 4. The summed E-state index contributed by atoms with van der Waals surface area (Å²) in [5.41, 5.74) is 4.59. The van der Waals surface area contributed by atoms with Gasteiger partial charge < -0.3 is 0 Å². The fourth-order valence-corrected chi connectivity index (χ4v) is 9.12. The highest BCUT2D eigenvalue weighted by molar-refractivity contribution is 9.10. The largest absolute Gasteiger partial charge is 0.0887 e. The van der Waals surface area contributed by atoms with E-state index in [-0.39, 0.29) is 0 Å². The van der Waals surface area contributed by atoms with E-state index >= 15 is 0 Å². The maximum Gasteiger partial charge on any atom is 0.0250 e. The van der Waals surface area contributed by atoms with Crippen LogP contribution in [0.15, 0.2) is 28.2 Å². The zero-order valence-corrected chi connectivity index (χ0v) is 19.8. The molecule has 1 aromatic rings. The molecule has 8 atom stereocenters. The van der Waals surface area contributed by atoms with E-state index in [1.54, 1.807) is 11.1 Å². The highest BCUT2D eigenvalue weighted by Crippen LogP contribution is 2.60. The Hall–Kier alpha value is -0.0800. The molecule has 0 spiro atoms. The molecular weight excluding hydrogens is 460 g/mol. The van der Waals surface area contributed by atoms with Crippen LogP contribution in [0.2, 0.25) is 0 Å². The number of rotatable bonds is 2. The first kappa shape index (κ1) is 18.9. The molecule has 0 amide bonds. The Morgan fingerprint density at radius 1 is 1.00 bits per heavy atom. The quantitative estimate of drug-likeness (QED) is 0.365. The van der Waals surface area contributed by atoms with Gasteiger partial charge in [-0.3, -0.25) is 0 Å². The number of hydrogen-bond acceptors (Lipinski definition) is 0. The molecular formula is C25H32Br2. The average molecular weight is 492 g/mol. The van der Waals surface area contributed by atoms with Gasteiger partial charge in [0.15, 0.2) is 0 Å². The van der Waals surface area contributed by atoms with Crippen LogP contribution in [0.1, 0.15) is 75.8 Å². The van der Waals surface area contributed by atoms with Crippen molar-refractivity contribution in [3.63, 3.8) is 0 Å². The molecule has 0 saturated heterocycles. The van der Waals surface area contributed by atoms with Gasteiger partial charge in [0.25, 0.3) is 0 Å².